The Kier molecular flexibility index (Phi) is 3.95. The minimum atomic E-state index is -0.00593. The van der Waals surface area contributed by atoms with Gasteiger partial charge in [0.1, 0.15) is 0 Å². The largest absolute Gasteiger partial charge is 0.338 e. The van der Waals surface area contributed by atoms with Crippen molar-refractivity contribution >= 4 is 5.91 Å². The van der Waals surface area contributed by atoms with E-state index < -0.39 is 0 Å². The molecule has 1 amide bonds. The molecule has 2 aliphatic carbocycles. The van der Waals surface area contributed by atoms with Gasteiger partial charge in [0.05, 0.1) is 18.3 Å². The van der Waals surface area contributed by atoms with Crippen LogP contribution in [0.15, 0.2) is 10.9 Å². The van der Waals surface area contributed by atoms with Crippen molar-refractivity contribution < 1.29 is 4.79 Å². The highest BCUT2D eigenvalue weighted by Gasteiger charge is 2.36. The van der Waals surface area contributed by atoms with Gasteiger partial charge in [-0.05, 0) is 56.9 Å². The molecule has 1 unspecified atom stereocenters. The predicted octanol–water partition coefficient (Wildman–Crippen LogP) is 1.91. The number of nitrogens with zero attached hydrogens (tertiary/aromatic N) is 3. The number of aromatic nitrogens is 2. The van der Waals surface area contributed by atoms with Crippen LogP contribution in [0.4, 0.5) is 0 Å². The molecule has 23 heavy (non-hydrogen) atoms. The van der Waals surface area contributed by atoms with Crippen LogP contribution >= 0.6 is 0 Å². The lowest BCUT2D eigenvalue weighted by atomic mass is 9.84. The van der Waals surface area contributed by atoms with Crippen LogP contribution in [0, 0.1) is 5.92 Å². The third-order valence-electron chi connectivity index (χ3n) is 5.77. The zero-order valence-corrected chi connectivity index (χ0v) is 13.7. The molecule has 1 aliphatic heterocycles. The highest BCUT2D eigenvalue weighted by atomic mass is 16.2. The molecule has 2 heterocycles. The van der Waals surface area contributed by atoms with Crippen LogP contribution in [0.2, 0.25) is 0 Å². The molecule has 1 saturated heterocycles. The summed E-state index contributed by atoms with van der Waals surface area (Å²) in [5, 5.41) is 4.62. The number of aryl methyl sites for hydroxylation is 2. The summed E-state index contributed by atoms with van der Waals surface area (Å²) in [7, 11) is 0. The summed E-state index contributed by atoms with van der Waals surface area (Å²) in [6.07, 6.45) is 9.57. The van der Waals surface area contributed by atoms with Crippen LogP contribution in [0.25, 0.3) is 0 Å². The number of amides is 1. The van der Waals surface area contributed by atoms with Crippen molar-refractivity contribution in [2.24, 2.45) is 5.92 Å². The minimum Gasteiger partial charge on any atom is -0.338 e. The van der Waals surface area contributed by atoms with Crippen LogP contribution in [0.3, 0.4) is 0 Å². The molecule has 0 radical (unpaired) electrons. The van der Waals surface area contributed by atoms with Crippen molar-refractivity contribution in [2.75, 3.05) is 6.54 Å². The Balaban J connectivity index is 1.52. The van der Waals surface area contributed by atoms with E-state index in [1.807, 2.05) is 4.90 Å². The summed E-state index contributed by atoms with van der Waals surface area (Å²) in [6, 6.07) is 1.92. The molecular formula is C18H25N3O2. The molecule has 3 aliphatic rings. The van der Waals surface area contributed by atoms with Gasteiger partial charge in [-0.1, -0.05) is 6.42 Å². The van der Waals surface area contributed by atoms with Gasteiger partial charge in [0.15, 0.2) is 0 Å². The second kappa shape index (κ2) is 6.10. The summed E-state index contributed by atoms with van der Waals surface area (Å²) in [5.41, 5.74) is 2.21. The summed E-state index contributed by atoms with van der Waals surface area (Å²) >= 11 is 0. The van der Waals surface area contributed by atoms with E-state index >= 15 is 0 Å². The standard InChI is InChI=1S/C18H25N3O2/c22-17-11-14-5-1-2-9-16(14)19-21(17)12-15-8-4-10-20(15)18(23)13-6-3-7-13/h11,13,15H,1-10,12H2. The molecular weight excluding hydrogens is 290 g/mol. The van der Waals surface area contributed by atoms with E-state index in [4.69, 9.17) is 0 Å². The lowest BCUT2D eigenvalue weighted by Crippen LogP contribution is -2.45. The van der Waals surface area contributed by atoms with Gasteiger partial charge < -0.3 is 4.90 Å². The number of hydrogen-bond acceptors (Lipinski definition) is 3. The second-order valence-electron chi connectivity index (χ2n) is 7.30. The van der Waals surface area contributed by atoms with Crippen molar-refractivity contribution in [3.8, 4) is 0 Å². The van der Waals surface area contributed by atoms with E-state index in [2.05, 4.69) is 5.10 Å². The van der Waals surface area contributed by atoms with Gasteiger partial charge in [0.25, 0.3) is 5.56 Å². The molecule has 1 aromatic rings. The molecule has 5 heteroatoms. The van der Waals surface area contributed by atoms with Crippen LogP contribution in [0.1, 0.15) is 56.2 Å². The van der Waals surface area contributed by atoms with Crippen molar-refractivity contribution in [3.05, 3.63) is 27.7 Å². The Labute approximate surface area is 136 Å². The molecule has 0 bridgehead atoms. The first-order chi connectivity index (χ1) is 11.2. The van der Waals surface area contributed by atoms with Gasteiger partial charge in [-0.25, -0.2) is 4.68 Å². The van der Waals surface area contributed by atoms with Gasteiger partial charge in [-0.3, -0.25) is 9.59 Å². The van der Waals surface area contributed by atoms with E-state index in [-0.39, 0.29) is 17.5 Å². The fourth-order valence-corrected chi connectivity index (χ4v) is 4.14. The predicted molar refractivity (Wildman–Crippen MR) is 87.2 cm³/mol. The minimum absolute atomic E-state index is 0.00593. The van der Waals surface area contributed by atoms with Gasteiger partial charge in [-0.2, -0.15) is 5.10 Å². The van der Waals surface area contributed by atoms with Gasteiger partial charge in [0.2, 0.25) is 5.91 Å². The summed E-state index contributed by atoms with van der Waals surface area (Å²) in [6.45, 7) is 1.41. The Bertz CT molecular complexity index is 663. The molecule has 1 saturated carbocycles. The van der Waals surface area contributed by atoms with E-state index in [9.17, 15) is 9.59 Å². The maximum absolute atomic E-state index is 12.6. The molecule has 0 N–H and O–H groups in total. The van der Waals surface area contributed by atoms with Gasteiger partial charge in [0, 0.05) is 18.5 Å². The fraction of sp³-hybridized carbons (Fsp3) is 0.722. The zero-order chi connectivity index (χ0) is 15.8. The van der Waals surface area contributed by atoms with Crippen molar-refractivity contribution in [3.63, 3.8) is 0 Å². The number of rotatable bonds is 3. The number of carbonyl (C=O) groups excluding carboxylic acids is 1. The zero-order valence-electron chi connectivity index (χ0n) is 13.7. The lowest BCUT2D eigenvalue weighted by molar-refractivity contribution is -0.139. The second-order valence-corrected chi connectivity index (χ2v) is 7.30. The molecule has 5 nitrogen and oxygen atoms in total. The molecule has 0 aromatic carbocycles. The fourth-order valence-electron chi connectivity index (χ4n) is 4.14. The number of hydrogen-bond donors (Lipinski definition) is 0. The smallest absolute Gasteiger partial charge is 0.267 e. The first kappa shape index (κ1) is 14.9. The Morgan fingerprint density at radius 3 is 2.74 bits per heavy atom. The van der Waals surface area contributed by atoms with E-state index in [1.54, 1.807) is 10.7 Å². The third-order valence-corrected chi connectivity index (χ3v) is 5.77. The van der Waals surface area contributed by atoms with Crippen LogP contribution in [0.5, 0.6) is 0 Å². The van der Waals surface area contributed by atoms with Crippen molar-refractivity contribution in [2.45, 2.75) is 70.4 Å². The average molecular weight is 315 g/mol. The molecule has 124 valence electrons. The Morgan fingerprint density at radius 2 is 1.96 bits per heavy atom. The SMILES string of the molecule is O=C(C1CCC1)N1CCCC1Cn1nc2c(cc1=O)CCCC2. The molecule has 1 aromatic heterocycles. The van der Waals surface area contributed by atoms with Crippen LogP contribution in [-0.4, -0.2) is 33.2 Å². The van der Waals surface area contributed by atoms with Crippen LogP contribution in [-0.2, 0) is 24.2 Å². The number of likely N-dealkylation sites (tertiary alicyclic amines) is 1. The monoisotopic (exact) mass is 315 g/mol. The highest BCUT2D eigenvalue weighted by molar-refractivity contribution is 5.80. The lowest BCUT2D eigenvalue weighted by Gasteiger charge is -2.33. The number of fused-ring (bicyclic) bond motifs is 1. The van der Waals surface area contributed by atoms with E-state index in [0.29, 0.717) is 12.5 Å². The summed E-state index contributed by atoms with van der Waals surface area (Å²) < 4.78 is 1.61. The maximum Gasteiger partial charge on any atom is 0.267 e. The first-order valence-electron chi connectivity index (χ1n) is 9.13. The molecule has 2 fully saturated rings. The van der Waals surface area contributed by atoms with Gasteiger partial charge >= 0.3 is 0 Å². The van der Waals surface area contributed by atoms with Gasteiger partial charge in [-0.15, -0.1) is 0 Å². The highest BCUT2D eigenvalue weighted by Crippen LogP contribution is 2.31. The Hall–Kier alpha value is -1.65. The summed E-state index contributed by atoms with van der Waals surface area (Å²) in [5.74, 6) is 0.550. The van der Waals surface area contributed by atoms with Crippen LogP contribution < -0.4 is 5.56 Å². The normalized spacial score (nSPS) is 24.3. The van der Waals surface area contributed by atoms with Crippen molar-refractivity contribution in [1.82, 2.24) is 14.7 Å². The topological polar surface area (TPSA) is 55.2 Å². The van der Waals surface area contributed by atoms with E-state index in [0.717, 1.165) is 69.2 Å². The molecule has 1 atom stereocenters. The van der Waals surface area contributed by atoms with Crippen molar-refractivity contribution in [1.29, 1.82) is 0 Å². The quantitative estimate of drug-likeness (QED) is 0.856. The van der Waals surface area contributed by atoms with E-state index in [1.165, 1.54) is 6.42 Å². The third kappa shape index (κ3) is 2.81. The maximum atomic E-state index is 12.6. The molecule has 0 spiro atoms. The average Bonchev–Trinajstić information content (AvgIpc) is 2.94. The molecule has 4 rings (SSSR count). The Morgan fingerprint density at radius 1 is 1.13 bits per heavy atom. The first-order valence-corrected chi connectivity index (χ1v) is 9.13. The number of carbonyl (C=O) groups is 1. The summed E-state index contributed by atoms with van der Waals surface area (Å²) in [4.78, 5) is 26.9.